The number of nitrogens with one attached hydrogen (secondary N) is 2. The molecule has 1 aromatic rings. The summed E-state index contributed by atoms with van der Waals surface area (Å²) >= 11 is 3.32. The van der Waals surface area contributed by atoms with Crippen molar-refractivity contribution >= 4 is 27.7 Å². The quantitative estimate of drug-likeness (QED) is 0.823. The van der Waals surface area contributed by atoms with E-state index in [-0.39, 0.29) is 11.8 Å². The van der Waals surface area contributed by atoms with Gasteiger partial charge >= 0.3 is 0 Å². The van der Waals surface area contributed by atoms with Crippen molar-refractivity contribution in [3.05, 3.63) is 34.3 Å². The first-order valence-corrected chi connectivity index (χ1v) is 8.26. The van der Waals surface area contributed by atoms with Crippen LogP contribution in [-0.4, -0.2) is 11.8 Å². The van der Waals surface area contributed by atoms with Crippen LogP contribution in [0, 0.1) is 17.8 Å². The molecular formula is C16H19BrN2O2. The smallest absolute Gasteiger partial charge is 0.269 e. The van der Waals surface area contributed by atoms with Gasteiger partial charge in [0.25, 0.3) is 5.91 Å². The molecule has 2 N–H and O–H groups in total. The second kappa shape index (κ2) is 6.18. The average molecular weight is 351 g/mol. The molecule has 3 rings (SSSR count). The van der Waals surface area contributed by atoms with Crippen LogP contribution in [0.4, 0.5) is 0 Å². The number of benzene rings is 1. The van der Waals surface area contributed by atoms with E-state index in [0.29, 0.717) is 17.9 Å². The highest BCUT2D eigenvalue weighted by Crippen LogP contribution is 2.49. The molecule has 2 aliphatic carbocycles. The summed E-state index contributed by atoms with van der Waals surface area (Å²) in [5.74, 6) is 1.70. The molecule has 4 nitrogen and oxygen atoms in total. The highest BCUT2D eigenvalue weighted by atomic mass is 79.9. The van der Waals surface area contributed by atoms with Crippen LogP contribution in [0.3, 0.4) is 0 Å². The zero-order chi connectivity index (χ0) is 14.8. The number of fused-ring (bicyclic) bond motifs is 2. The van der Waals surface area contributed by atoms with E-state index in [4.69, 9.17) is 0 Å². The number of amides is 2. The van der Waals surface area contributed by atoms with Crippen LogP contribution in [0.2, 0.25) is 0 Å². The topological polar surface area (TPSA) is 58.2 Å². The van der Waals surface area contributed by atoms with E-state index in [1.807, 2.05) is 0 Å². The maximum absolute atomic E-state index is 11.9. The first kappa shape index (κ1) is 14.6. The van der Waals surface area contributed by atoms with Crippen LogP contribution in [-0.2, 0) is 4.79 Å². The number of carbonyl (C=O) groups is 2. The van der Waals surface area contributed by atoms with E-state index >= 15 is 0 Å². The Balaban J connectivity index is 1.45. The fraction of sp³-hybridized carbons (Fsp3) is 0.500. The summed E-state index contributed by atoms with van der Waals surface area (Å²) in [7, 11) is 0. The Hall–Kier alpha value is -1.36. The second-order valence-electron chi connectivity index (χ2n) is 6.15. The molecule has 2 amide bonds. The lowest BCUT2D eigenvalue weighted by Crippen LogP contribution is -2.42. The Morgan fingerprint density at radius 2 is 1.86 bits per heavy atom. The second-order valence-corrected chi connectivity index (χ2v) is 7.06. The molecule has 1 aromatic carbocycles. The van der Waals surface area contributed by atoms with Crippen molar-refractivity contribution in [2.45, 2.75) is 32.1 Å². The van der Waals surface area contributed by atoms with Crippen LogP contribution in [0.25, 0.3) is 0 Å². The lowest BCUT2D eigenvalue weighted by atomic mass is 9.86. The van der Waals surface area contributed by atoms with E-state index in [1.165, 1.54) is 25.7 Å². The minimum absolute atomic E-state index is 0.0852. The molecule has 0 spiro atoms. The van der Waals surface area contributed by atoms with Gasteiger partial charge in [0.1, 0.15) is 0 Å². The Kier molecular flexibility index (Phi) is 4.29. The number of hydrazine groups is 1. The molecule has 2 aliphatic rings. The van der Waals surface area contributed by atoms with Gasteiger partial charge in [-0.15, -0.1) is 0 Å². The summed E-state index contributed by atoms with van der Waals surface area (Å²) in [6.45, 7) is 0. The third-order valence-electron chi connectivity index (χ3n) is 4.75. The van der Waals surface area contributed by atoms with Gasteiger partial charge in [-0.25, -0.2) is 0 Å². The van der Waals surface area contributed by atoms with Crippen molar-refractivity contribution in [1.82, 2.24) is 10.9 Å². The predicted octanol–water partition coefficient (Wildman–Crippen LogP) is 3.04. The number of hydrogen-bond acceptors (Lipinski definition) is 2. The molecule has 21 heavy (non-hydrogen) atoms. The monoisotopic (exact) mass is 350 g/mol. The molecule has 112 valence electrons. The summed E-state index contributed by atoms with van der Waals surface area (Å²) in [5, 5.41) is 0. The first-order valence-electron chi connectivity index (χ1n) is 7.46. The van der Waals surface area contributed by atoms with E-state index in [0.717, 1.165) is 16.3 Å². The molecule has 0 heterocycles. The van der Waals surface area contributed by atoms with Crippen molar-refractivity contribution in [2.24, 2.45) is 17.8 Å². The third kappa shape index (κ3) is 3.46. The summed E-state index contributed by atoms with van der Waals surface area (Å²) in [6, 6.07) is 7.01. The van der Waals surface area contributed by atoms with E-state index in [2.05, 4.69) is 26.8 Å². The highest BCUT2D eigenvalue weighted by Gasteiger charge is 2.40. The molecule has 0 aliphatic heterocycles. The van der Waals surface area contributed by atoms with Crippen molar-refractivity contribution in [1.29, 1.82) is 0 Å². The van der Waals surface area contributed by atoms with Gasteiger partial charge in [0.2, 0.25) is 5.91 Å². The average Bonchev–Trinajstić information content (AvgIpc) is 3.08. The fourth-order valence-corrected chi connectivity index (χ4v) is 3.98. The normalized spacial score (nSPS) is 26.6. The van der Waals surface area contributed by atoms with Gasteiger partial charge < -0.3 is 0 Å². The summed E-state index contributed by atoms with van der Waals surface area (Å²) in [6.07, 6.45) is 5.61. The summed E-state index contributed by atoms with van der Waals surface area (Å²) in [5.41, 5.74) is 5.54. The number of hydrogen-bond donors (Lipinski definition) is 2. The van der Waals surface area contributed by atoms with Crippen LogP contribution in [0.1, 0.15) is 42.5 Å². The van der Waals surface area contributed by atoms with Crippen LogP contribution in [0.5, 0.6) is 0 Å². The molecule has 0 unspecified atom stereocenters. The molecule has 2 saturated carbocycles. The van der Waals surface area contributed by atoms with Crippen LogP contribution in [0.15, 0.2) is 28.7 Å². The van der Waals surface area contributed by atoms with Crippen molar-refractivity contribution in [3.8, 4) is 0 Å². The van der Waals surface area contributed by atoms with Crippen LogP contribution < -0.4 is 10.9 Å². The molecule has 3 atom stereocenters. The Bertz CT molecular complexity index is 544. The molecule has 0 aromatic heterocycles. The van der Waals surface area contributed by atoms with Gasteiger partial charge in [-0.2, -0.15) is 0 Å². The van der Waals surface area contributed by atoms with E-state index in [1.54, 1.807) is 24.3 Å². The molecular weight excluding hydrogens is 332 g/mol. The fourth-order valence-electron chi connectivity index (χ4n) is 3.72. The van der Waals surface area contributed by atoms with Gasteiger partial charge in [-0.3, -0.25) is 20.4 Å². The summed E-state index contributed by atoms with van der Waals surface area (Å²) < 4.78 is 0.916. The Morgan fingerprint density at radius 1 is 1.10 bits per heavy atom. The number of rotatable bonds is 3. The highest BCUT2D eigenvalue weighted by molar-refractivity contribution is 9.10. The molecule has 5 heteroatoms. The summed E-state index contributed by atoms with van der Waals surface area (Å²) in [4.78, 5) is 23.8. The maximum Gasteiger partial charge on any atom is 0.269 e. The SMILES string of the molecule is O=C(C[C@H]1C[C@H]2CC[C@H]1C2)NNC(=O)c1ccc(Br)cc1. The van der Waals surface area contributed by atoms with Crippen molar-refractivity contribution in [3.63, 3.8) is 0 Å². The molecule has 0 radical (unpaired) electrons. The molecule has 2 fully saturated rings. The van der Waals surface area contributed by atoms with Crippen molar-refractivity contribution < 1.29 is 9.59 Å². The first-order chi connectivity index (χ1) is 10.1. The minimum atomic E-state index is -0.288. The lowest BCUT2D eigenvalue weighted by molar-refractivity contribution is -0.123. The predicted molar refractivity (Wildman–Crippen MR) is 83.3 cm³/mol. The number of carbonyl (C=O) groups excluding carboxylic acids is 2. The minimum Gasteiger partial charge on any atom is -0.273 e. The van der Waals surface area contributed by atoms with Gasteiger partial charge in [0.15, 0.2) is 0 Å². The van der Waals surface area contributed by atoms with Crippen LogP contribution >= 0.6 is 15.9 Å². The third-order valence-corrected chi connectivity index (χ3v) is 5.28. The Morgan fingerprint density at radius 3 is 2.48 bits per heavy atom. The van der Waals surface area contributed by atoms with Crippen molar-refractivity contribution in [2.75, 3.05) is 0 Å². The van der Waals surface area contributed by atoms with Gasteiger partial charge in [0, 0.05) is 16.5 Å². The van der Waals surface area contributed by atoms with Gasteiger partial charge in [0.05, 0.1) is 0 Å². The molecule has 0 saturated heterocycles. The largest absolute Gasteiger partial charge is 0.273 e. The van der Waals surface area contributed by atoms with E-state index in [9.17, 15) is 9.59 Å². The standard InChI is InChI=1S/C16H19BrN2O2/c17-14-5-3-11(4-6-14)16(21)19-18-15(20)9-13-8-10-1-2-12(13)7-10/h3-6,10,12-13H,1-2,7-9H2,(H,18,20)(H,19,21)/t10-,12-,13+/m0/s1. The zero-order valence-corrected chi connectivity index (χ0v) is 13.4. The van der Waals surface area contributed by atoms with Gasteiger partial charge in [-0.1, -0.05) is 22.4 Å². The zero-order valence-electron chi connectivity index (χ0n) is 11.8. The Labute approximate surface area is 132 Å². The van der Waals surface area contributed by atoms with E-state index < -0.39 is 0 Å². The molecule has 2 bridgehead atoms. The lowest BCUT2D eigenvalue weighted by Gasteiger charge is -2.20. The maximum atomic E-state index is 11.9. The number of halogens is 1. The van der Waals surface area contributed by atoms with Gasteiger partial charge in [-0.05, 0) is 61.3 Å².